The number of carboxylic acid groups (broad SMARTS) is 1. The minimum Gasteiger partial charge on any atom is -0.480 e. The van der Waals surface area contributed by atoms with Crippen LogP contribution in [0.3, 0.4) is 0 Å². The number of aliphatic carboxylic acids is 1. The van der Waals surface area contributed by atoms with Crippen molar-refractivity contribution in [1.82, 2.24) is 5.32 Å². The van der Waals surface area contributed by atoms with Crippen molar-refractivity contribution in [3.05, 3.63) is 0 Å². The van der Waals surface area contributed by atoms with Crippen LogP contribution in [0.25, 0.3) is 0 Å². The number of hydrogen-bond donors (Lipinski definition) is 4. The van der Waals surface area contributed by atoms with E-state index in [-0.39, 0.29) is 47.3 Å². The molecule has 4 aliphatic carbocycles. The number of hydrogen-bond acceptors (Lipinski definition) is 4. The molecule has 4 N–H and O–H groups in total. The van der Waals surface area contributed by atoms with Crippen LogP contribution in [0.4, 0.5) is 0 Å². The summed E-state index contributed by atoms with van der Waals surface area (Å²) in [5.74, 6) is 1.58. The van der Waals surface area contributed by atoms with Gasteiger partial charge in [0, 0.05) is 5.92 Å². The summed E-state index contributed by atoms with van der Waals surface area (Å²) in [6, 6.07) is 0. The van der Waals surface area contributed by atoms with Crippen molar-refractivity contribution in [3.63, 3.8) is 0 Å². The van der Waals surface area contributed by atoms with E-state index in [9.17, 15) is 19.8 Å². The number of fused-ring (bicyclic) bond motifs is 5. The molecular weight excluding hydrogens is 442 g/mol. The van der Waals surface area contributed by atoms with Crippen LogP contribution < -0.4 is 5.32 Å². The van der Waals surface area contributed by atoms with Gasteiger partial charge in [0.2, 0.25) is 5.91 Å². The standard InChI is InChI=1S/C29H49NO5/c1-6-19-23-14-18(31)9-11-29(23,5)22-10-12-28(4)20(7-8-21(28)25(22)26(19)34)16(2)13-17(3)27(35)30-15-24(32)33/h16-23,25-26,31,34H,6-15H2,1-5H3,(H,30,35)(H,32,33)/t16-,17?,18+,19+,20+,21?,22?,23-,25?,26+,28+,29+/m0/s1. The molecule has 0 spiro atoms. The van der Waals surface area contributed by atoms with Gasteiger partial charge in [0.05, 0.1) is 12.2 Å². The van der Waals surface area contributed by atoms with Gasteiger partial charge < -0.3 is 20.6 Å². The number of carboxylic acids is 1. The van der Waals surface area contributed by atoms with Crippen LogP contribution in [0.1, 0.15) is 92.4 Å². The van der Waals surface area contributed by atoms with E-state index < -0.39 is 5.97 Å². The van der Waals surface area contributed by atoms with Crippen molar-refractivity contribution in [2.45, 2.75) is 105 Å². The number of carbonyl (C=O) groups excluding carboxylic acids is 1. The van der Waals surface area contributed by atoms with Gasteiger partial charge >= 0.3 is 5.97 Å². The SMILES string of the molecule is CC[C@H]1[C@@H](O)C2C3CC[C@H]([C@@H](C)CC(C)C(=O)NCC(=O)O)[C@@]3(C)CCC2[C@@]2(C)CC[C@@H](O)C[C@@H]12. The Morgan fingerprint density at radius 1 is 0.971 bits per heavy atom. The van der Waals surface area contributed by atoms with Crippen molar-refractivity contribution in [2.24, 2.45) is 58.2 Å². The molecule has 0 bridgehead atoms. The average molecular weight is 492 g/mol. The highest BCUT2D eigenvalue weighted by molar-refractivity contribution is 5.82. The first kappa shape index (κ1) is 26.9. The molecule has 0 radical (unpaired) electrons. The summed E-state index contributed by atoms with van der Waals surface area (Å²) in [5, 5.41) is 33.7. The maximum absolute atomic E-state index is 12.4. The third-order valence-electron chi connectivity index (χ3n) is 11.7. The fourth-order valence-electron chi connectivity index (χ4n) is 10.1. The lowest BCUT2D eigenvalue weighted by molar-refractivity contribution is -0.203. The van der Waals surface area contributed by atoms with Crippen molar-refractivity contribution in [1.29, 1.82) is 0 Å². The number of rotatable bonds is 7. The second kappa shape index (κ2) is 9.96. The van der Waals surface area contributed by atoms with E-state index in [4.69, 9.17) is 5.11 Å². The summed E-state index contributed by atoms with van der Waals surface area (Å²) in [7, 11) is 0. The normalized spacial score (nSPS) is 46.6. The van der Waals surface area contributed by atoms with Gasteiger partial charge in [-0.25, -0.2) is 0 Å². The lowest BCUT2D eigenvalue weighted by atomic mass is 9.41. The molecule has 0 aromatic heterocycles. The molecule has 12 atom stereocenters. The zero-order valence-electron chi connectivity index (χ0n) is 22.5. The first-order valence-electron chi connectivity index (χ1n) is 14.3. The van der Waals surface area contributed by atoms with E-state index in [0.717, 1.165) is 51.4 Å². The first-order chi connectivity index (χ1) is 16.4. The van der Waals surface area contributed by atoms with E-state index in [1.54, 1.807) is 0 Å². The van der Waals surface area contributed by atoms with Gasteiger partial charge in [0.1, 0.15) is 6.54 Å². The topological polar surface area (TPSA) is 107 Å². The number of carbonyl (C=O) groups is 2. The molecule has 0 aliphatic heterocycles. The van der Waals surface area contributed by atoms with Gasteiger partial charge in [-0.05, 0) is 104 Å². The Labute approximate surface area is 211 Å². The van der Waals surface area contributed by atoms with Gasteiger partial charge in [0.25, 0.3) is 0 Å². The van der Waals surface area contributed by atoms with Crippen LogP contribution in [0.5, 0.6) is 0 Å². The highest BCUT2D eigenvalue weighted by Gasteiger charge is 2.64. The molecule has 1 amide bonds. The van der Waals surface area contributed by atoms with Crippen LogP contribution in [0, 0.1) is 58.2 Å². The number of amides is 1. The number of nitrogens with one attached hydrogen (secondary N) is 1. The van der Waals surface area contributed by atoms with Gasteiger partial charge in [-0.1, -0.05) is 41.0 Å². The molecule has 4 saturated carbocycles. The molecule has 4 rings (SSSR count). The Balaban J connectivity index is 1.52. The van der Waals surface area contributed by atoms with Crippen LogP contribution in [0.15, 0.2) is 0 Å². The average Bonchev–Trinajstić information content (AvgIpc) is 3.16. The lowest BCUT2D eigenvalue weighted by Gasteiger charge is -2.64. The third-order valence-corrected chi connectivity index (χ3v) is 11.7. The van der Waals surface area contributed by atoms with Crippen molar-refractivity contribution in [2.75, 3.05) is 6.54 Å². The smallest absolute Gasteiger partial charge is 0.322 e. The summed E-state index contributed by atoms with van der Waals surface area (Å²) in [6.45, 7) is 11.0. The van der Waals surface area contributed by atoms with Crippen molar-refractivity contribution < 1.29 is 24.9 Å². The molecule has 0 aromatic carbocycles. The van der Waals surface area contributed by atoms with Crippen molar-refractivity contribution >= 4 is 11.9 Å². The molecule has 0 aromatic rings. The molecule has 35 heavy (non-hydrogen) atoms. The van der Waals surface area contributed by atoms with E-state index in [1.165, 1.54) is 6.42 Å². The Morgan fingerprint density at radius 2 is 1.63 bits per heavy atom. The van der Waals surface area contributed by atoms with Gasteiger partial charge in [-0.2, -0.15) is 0 Å². The summed E-state index contributed by atoms with van der Waals surface area (Å²) in [6.07, 6.45) is 8.71. The highest BCUT2D eigenvalue weighted by atomic mass is 16.4. The Bertz CT molecular complexity index is 802. The second-order valence-electron chi connectivity index (χ2n) is 13.3. The van der Waals surface area contributed by atoms with Gasteiger partial charge in [-0.3, -0.25) is 9.59 Å². The minimum absolute atomic E-state index is 0.172. The summed E-state index contributed by atoms with van der Waals surface area (Å²) >= 11 is 0. The van der Waals surface area contributed by atoms with Crippen LogP contribution in [-0.2, 0) is 9.59 Å². The van der Waals surface area contributed by atoms with Crippen LogP contribution >= 0.6 is 0 Å². The fraction of sp³-hybridized carbons (Fsp3) is 0.931. The predicted molar refractivity (Wildman–Crippen MR) is 135 cm³/mol. The molecule has 6 nitrogen and oxygen atoms in total. The summed E-state index contributed by atoms with van der Waals surface area (Å²) in [4.78, 5) is 23.3. The van der Waals surface area contributed by atoms with E-state index in [0.29, 0.717) is 35.5 Å². The molecule has 6 heteroatoms. The Hall–Kier alpha value is -1.14. The maximum Gasteiger partial charge on any atom is 0.322 e. The molecular formula is C29H49NO5. The summed E-state index contributed by atoms with van der Waals surface area (Å²) < 4.78 is 0. The largest absolute Gasteiger partial charge is 0.480 e. The van der Waals surface area contributed by atoms with Crippen LogP contribution in [-0.4, -0.2) is 45.9 Å². The van der Waals surface area contributed by atoms with Gasteiger partial charge in [0.15, 0.2) is 0 Å². The Morgan fingerprint density at radius 3 is 2.29 bits per heavy atom. The summed E-state index contributed by atoms with van der Waals surface area (Å²) in [5.41, 5.74) is 0.389. The minimum atomic E-state index is -1.01. The number of aliphatic hydroxyl groups excluding tert-OH is 2. The quantitative estimate of drug-likeness (QED) is 0.420. The van der Waals surface area contributed by atoms with Gasteiger partial charge in [-0.15, -0.1) is 0 Å². The monoisotopic (exact) mass is 491 g/mol. The molecule has 4 fully saturated rings. The highest BCUT2D eigenvalue weighted by Crippen LogP contribution is 2.69. The molecule has 4 aliphatic rings. The van der Waals surface area contributed by atoms with E-state index in [2.05, 4.69) is 33.0 Å². The first-order valence-corrected chi connectivity index (χ1v) is 14.3. The van der Waals surface area contributed by atoms with E-state index >= 15 is 0 Å². The Kier molecular flexibility index (Phi) is 7.66. The molecule has 200 valence electrons. The zero-order chi connectivity index (χ0) is 25.7. The zero-order valence-corrected chi connectivity index (χ0v) is 22.5. The third kappa shape index (κ3) is 4.56. The maximum atomic E-state index is 12.4. The van der Waals surface area contributed by atoms with E-state index in [1.807, 2.05) is 6.92 Å². The number of aliphatic hydroxyl groups is 2. The molecule has 4 unspecified atom stereocenters. The molecule has 0 heterocycles. The van der Waals surface area contributed by atoms with Crippen molar-refractivity contribution in [3.8, 4) is 0 Å². The lowest BCUT2D eigenvalue weighted by Crippen LogP contribution is -2.62. The van der Waals surface area contributed by atoms with Crippen LogP contribution in [0.2, 0.25) is 0 Å². The second-order valence-corrected chi connectivity index (χ2v) is 13.3. The predicted octanol–water partition coefficient (Wildman–Crippen LogP) is 4.48. The fourth-order valence-corrected chi connectivity index (χ4v) is 10.1. The molecule has 0 saturated heterocycles.